The number of rotatable bonds is 3. The van der Waals surface area contributed by atoms with Crippen LogP contribution in [0.25, 0.3) is 0 Å². The number of aromatic carboxylic acids is 1. The highest BCUT2D eigenvalue weighted by Gasteiger charge is 2.24. The zero-order valence-electron chi connectivity index (χ0n) is 8.38. The molecule has 0 bridgehead atoms. The van der Waals surface area contributed by atoms with Crippen molar-refractivity contribution in [2.75, 3.05) is 5.32 Å². The maximum atomic E-state index is 11.0. The van der Waals surface area contributed by atoms with Crippen molar-refractivity contribution in [3.63, 3.8) is 0 Å². The molecule has 4 heteroatoms. The quantitative estimate of drug-likeness (QED) is 0.887. The molecule has 0 atom stereocenters. The summed E-state index contributed by atoms with van der Waals surface area (Å²) in [6.45, 7) is 1.92. The van der Waals surface area contributed by atoms with E-state index in [4.69, 9.17) is 5.11 Å². The van der Waals surface area contributed by atoms with Gasteiger partial charge in [-0.1, -0.05) is 15.9 Å². The monoisotopic (exact) mass is 269 g/mol. The molecule has 0 saturated heterocycles. The minimum absolute atomic E-state index is 0.350. The molecule has 1 saturated carbocycles. The molecule has 1 aliphatic rings. The van der Waals surface area contributed by atoms with E-state index in [0.29, 0.717) is 11.6 Å². The van der Waals surface area contributed by atoms with E-state index < -0.39 is 5.97 Å². The molecule has 3 nitrogen and oxygen atoms in total. The van der Waals surface area contributed by atoms with Crippen LogP contribution in [0.5, 0.6) is 0 Å². The van der Waals surface area contributed by atoms with Gasteiger partial charge in [0, 0.05) is 10.5 Å². The number of carboxylic acids is 1. The number of benzene rings is 1. The first kappa shape index (κ1) is 10.5. The molecular formula is C11H12BrNO2. The highest BCUT2D eigenvalue weighted by Crippen LogP contribution is 2.32. The standard InChI is InChI=1S/C11H12BrNO2/c1-6-9(12)5-4-8(11(14)15)10(6)13-7-2-3-7/h4-5,7,13H,2-3H2,1H3,(H,14,15). The van der Waals surface area contributed by atoms with E-state index in [-0.39, 0.29) is 0 Å². The number of halogens is 1. The maximum absolute atomic E-state index is 11.0. The normalized spacial score (nSPS) is 15.1. The average molecular weight is 270 g/mol. The molecule has 2 N–H and O–H groups in total. The summed E-state index contributed by atoms with van der Waals surface area (Å²) in [4.78, 5) is 11.0. The Balaban J connectivity index is 2.44. The topological polar surface area (TPSA) is 49.3 Å². The Morgan fingerprint density at radius 1 is 1.53 bits per heavy atom. The first-order valence-electron chi connectivity index (χ1n) is 4.88. The van der Waals surface area contributed by atoms with Crippen molar-refractivity contribution in [3.8, 4) is 0 Å². The van der Waals surface area contributed by atoms with Gasteiger partial charge >= 0.3 is 5.97 Å². The molecule has 0 aromatic heterocycles. The van der Waals surface area contributed by atoms with Gasteiger partial charge in [0.2, 0.25) is 0 Å². The lowest BCUT2D eigenvalue weighted by molar-refractivity contribution is 0.0698. The van der Waals surface area contributed by atoms with Crippen LogP contribution < -0.4 is 5.32 Å². The number of anilines is 1. The van der Waals surface area contributed by atoms with E-state index in [1.54, 1.807) is 12.1 Å². The highest BCUT2D eigenvalue weighted by molar-refractivity contribution is 9.10. The van der Waals surface area contributed by atoms with E-state index >= 15 is 0 Å². The molecule has 0 aliphatic heterocycles. The number of nitrogens with one attached hydrogen (secondary N) is 1. The summed E-state index contributed by atoms with van der Waals surface area (Å²) in [6, 6.07) is 3.86. The van der Waals surface area contributed by atoms with Crippen LogP contribution in [0.1, 0.15) is 28.8 Å². The van der Waals surface area contributed by atoms with Crippen LogP contribution in [0.4, 0.5) is 5.69 Å². The van der Waals surface area contributed by atoms with Gasteiger partial charge in [-0.25, -0.2) is 4.79 Å². The summed E-state index contributed by atoms with van der Waals surface area (Å²) in [7, 11) is 0. The zero-order chi connectivity index (χ0) is 11.0. The van der Waals surface area contributed by atoms with Gasteiger partial charge < -0.3 is 10.4 Å². The van der Waals surface area contributed by atoms with Crippen molar-refractivity contribution < 1.29 is 9.90 Å². The number of hydrogen-bond acceptors (Lipinski definition) is 2. The van der Waals surface area contributed by atoms with E-state index in [0.717, 1.165) is 28.6 Å². The minimum Gasteiger partial charge on any atom is -0.478 e. The van der Waals surface area contributed by atoms with Gasteiger partial charge in [-0.2, -0.15) is 0 Å². The fourth-order valence-corrected chi connectivity index (χ4v) is 1.81. The second-order valence-electron chi connectivity index (χ2n) is 3.82. The number of hydrogen-bond donors (Lipinski definition) is 2. The van der Waals surface area contributed by atoms with E-state index in [1.807, 2.05) is 6.92 Å². The van der Waals surface area contributed by atoms with Gasteiger partial charge in [-0.05, 0) is 37.5 Å². The summed E-state index contributed by atoms with van der Waals surface area (Å²) >= 11 is 3.41. The van der Waals surface area contributed by atoms with E-state index in [2.05, 4.69) is 21.2 Å². The molecule has 0 radical (unpaired) electrons. The number of carbonyl (C=O) groups is 1. The van der Waals surface area contributed by atoms with Crippen LogP contribution in [0.2, 0.25) is 0 Å². The lowest BCUT2D eigenvalue weighted by Crippen LogP contribution is -2.09. The second kappa shape index (κ2) is 3.85. The van der Waals surface area contributed by atoms with Gasteiger partial charge in [0.15, 0.2) is 0 Å². The zero-order valence-corrected chi connectivity index (χ0v) is 9.97. The summed E-state index contributed by atoms with van der Waals surface area (Å²) < 4.78 is 0.940. The van der Waals surface area contributed by atoms with Crippen LogP contribution in [0, 0.1) is 6.92 Å². The predicted molar refractivity (Wildman–Crippen MR) is 62.5 cm³/mol. The highest BCUT2D eigenvalue weighted by atomic mass is 79.9. The van der Waals surface area contributed by atoms with Crippen molar-refractivity contribution in [2.24, 2.45) is 0 Å². The lowest BCUT2D eigenvalue weighted by atomic mass is 10.1. The summed E-state index contributed by atoms with van der Waals surface area (Å²) in [5, 5.41) is 12.3. The largest absolute Gasteiger partial charge is 0.478 e. The van der Waals surface area contributed by atoms with Crippen LogP contribution in [0.15, 0.2) is 16.6 Å². The van der Waals surface area contributed by atoms with Crippen LogP contribution >= 0.6 is 15.9 Å². The molecule has 0 spiro atoms. The molecule has 0 heterocycles. The first-order valence-corrected chi connectivity index (χ1v) is 5.68. The van der Waals surface area contributed by atoms with Crippen LogP contribution in [0.3, 0.4) is 0 Å². The smallest absolute Gasteiger partial charge is 0.337 e. The summed E-state index contributed by atoms with van der Waals surface area (Å²) in [6.07, 6.45) is 2.26. The van der Waals surface area contributed by atoms with Crippen molar-refractivity contribution in [1.29, 1.82) is 0 Å². The molecule has 2 rings (SSSR count). The predicted octanol–water partition coefficient (Wildman–Crippen LogP) is 3.03. The van der Waals surface area contributed by atoms with Gasteiger partial charge in [0.25, 0.3) is 0 Å². The molecule has 1 fully saturated rings. The Hall–Kier alpha value is -1.03. The third-order valence-corrected chi connectivity index (χ3v) is 3.41. The Kier molecular flexibility index (Phi) is 2.69. The molecule has 1 aliphatic carbocycles. The molecule has 80 valence electrons. The lowest BCUT2D eigenvalue weighted by Gasteiger charge is -2.13. The Morgan fingerprint density at radius 3 is 2.73 bits per heavy atom. The second-order valence-corrected chi connectivity index (χ2v) is 4.67. The fraction of sp³-hybridized carbons (Fsp3) is 0.364. The van der Waals surface area contributed by atoms with Gasteiger partial charge in [0.05, 0.1) is 11.3 Å². The third kappa shape index (κ3) is 2.15. The molecular weight excluding hydrogens is 258 g/mol. The molecule has 1 aromatic carbocycles. The third-order valence-electron chi connectivity index (χ3n) is 2.56. The Bertz CT molecular complexity index is 413. The maximum Gasteiger partial charge on any atom is 0.337 e. The van der Waals surface area contributed by atoms with Crippen molar-refractivity contribution >= 4 is 27.6 Å². The van der Waals surface area contributed by atoms with E-state index in [1.165, 1.54) is 0 Å². The minimum atomic E-state index is -0.881. The molecule has 1 aromatic rings. The van der Waals surface area contributed by atoms with Gasteiger partial charge in [-0.3, -0.25) is 0 Å². The first-order chi connectivity index (χ1) is 7.09. The van der Waals surface area contributed by atoms with Crippen LogP contribution in [-0.2, 0) is 0 Å². The Morgan fingerprint density at radius 2 is 2.20 bits per heavy atom. The Labute approximate surface area is 96.6 Å². The summed E-state index contributed by atoms with van der Waals surface area (Å²) in [5.74, 6) is -0.881. The fourth-order valence-electron chi connectivity index (χ4n) is 1.48. The van der Waals surface area contributed by atoms with Crippen molar-refractivity contribution in [3.05, 3.63) is 27.7 Å². The number of carboxylic acid groups (broad SMARTS) is 1. The molecule has 0 amide bonds. The molecule has 15 heavy (non-hydrogen) atoms. The average Bonchev–Trinajstić information content (AvgIpc) is 2.96. The van der Waals surface area contributed by atoms with Crippen molar-refractivity contribution in [1.82, 2.24) is 0 Å². The van der Waals surface area contributed by atoms with E-state index in [9.17, 15) is 4.79 Å². The SMILES string of the molecule is Cc1c(Br)ccc(C(=O)O)c1NC1CC1. The van der Waals surface area contributed by atoms with Crippen LogP contribution in [-0.4, -0.2) is 17.1 Å². The van der Waals surface area contributed by atoms with Gasteiger partial charge in [-0.15, -0.1) is 0 Å². The molecule has 0 unspecified atom stereocenters. The van der Waals surface area contributed by atoms with Crippen molar-refractivity contribution in [2.45, 2.75) is 25.8 Å². The van der Waals surface area contributed by atoms with Gasteiger partial charge in [0.1, 0.15) is 0 Å². The summed E-state index contributed by atoms with van der Waals surface area (Å²) in [5.41, 5.74) is 2.06.